The monoisotopic (exact) mass is 153 g/mol. The van der Waals surface area contributed by atoms with Crippen LogP contribution in [0.5, 0.6) is 0 Å². The molecular formula is C10H19N. The Hall–Kier alpha value is -0.0400. The van der Waals surface area contributed by atoms with Crippen molar-refractivity contribution in [3.63, 3.8) is 0 Å². The van der Waals surface area contributed by atoms with Gasteiger partial charge in [-0.3, -0.25) is 0 Å². The Morgan fingerprint density at radius 1 is 1.00 bits per heavy atom. The van der Waals surface area contributed by atoms with E-state index in [1.165, 1.54) is 19.5 Å². The van der Waals surface area contributed by atoms with E-state index in [1.807, 2.05) is 0 Å². The van der Waals surface area contributed by atoms with Crippen molar-refractivity contribution in [1.29, 1.82) is 0 Å². The maximum atomic E-state index is 3.49. The van der Waals surface area contributed by atoms with Gasteiger partial charge in [0.15, 0.2) is 0 Å². The molecule has 1 heteroatoms. The average molecular weight is 153 g/mol. The Morgan fingerprint density at radius 3 is 1.73 bits per heavy atom. The minimum atomic E-state index is 0.559. The highest BCUT2D eigenvalue weighted by Crippen LogP contribution is 2.79. The van der Waals surface area contributed by atoms with E-state index in [1.54, 1.807) is 0 Å². The van der Waals surface area contributed by atoms with Gasteiger partial charge >= 0.3 is 0 Å². The predicted molar refractivity (Wildman–Crippen MR) is 47.5 cm³/mol. The molecule has 2 rings (SSSR count). The van der Waals surface area contributed by atoms with Gasteiger partial charge in [0.25, 0.3) is 0 Å². The zero-order valence-corrected chi connectivity index (χ0v) is 8.12. The number of hydrogen-bond donors (Lipinski definition) is 1. The Kier molecular flexibility index (Phi) is 1.15. The molecular weight excluding hydrogens is 134 g/mol. The Balaban J connectivity index is 2.31. The van der Waals surface area contributed by atoms with Crippen molar-refractivity contribution in [2.45, 2.75) is 34.1 Å². The Morgan fingerprint density at radius 2 is 1.55 bits per heavy atom. The van der Waals surface area contributed by atoms with Crippen LogP contribution in [-0.2, 0) is 0 Å². The number of hydrogen-bond acceptors (Lipinski definition) is 1. The van der Waals surface area contributed by atoms with Gasteiger partial charge in [-0.15, -0.1) is 0 Å². The van der Waals surface area contributed by atoms with Gasteiger partial charge in [0.2, 0.25) is 0 Å². The summed E-state index contributed by atoms with van der Waals surface area (Å²) in [5.74, 6) is 0. The highest BCUT2D eigenvalue weighted by atomic mass is 15.0. The van der Waals surface area contributed by atoms with Crippen LogP contribution in [0, 0.1) is 16.2 Å². The lowest BCUT2D eigenvalue weighted by Gasteiger charge is -2.10. The summed E-state index contributed by atoms with van der Waals surface area (Å²) in [5, 5.41) is 3.49. The highest BCUT2D eigenvalue weighted by Gasteiger charge is 2.76. The van der Waals surface area contributed by atoms with Crippen LogP contribution in [0.25, 0.3) is 0 Å². The summed E-state index contributed by atoms with van der Waals surface area (Å²) in [4.78, 5) is 0. The van der Waals surface area contributed by atoms with Gasteiger partial charge in [-0.1, -0.05) is 27.7 Å². The first-order valence-corrected chi connectivity index (χ1v) is 4.66. The van der Waals surface area contributed by atoms with Gasteiger partial charge < -0.3 is 5.32 Å². The van der Waals surface area contributed by atoms with Crippen molar-refractivity contribution in [3.8, 4) is 0 Å². The van der Waals surface area contributed by atoms with Crippen molar-refractivity contribution in [3.05, 3.63) is 0 Å². The molecule has 0 aromatic rings. The third kappa shape index (κ3) is 0.547. The first kappa shape index (κ1) is 7.60. The highest BCUT2D eigenvalue weighted by molar-refractivity contribution is 5.25. The van der Waals surface area contributed by atoms with Gasteiger partial charge in [-0.25, -0.2) is 0 Å². The van der Waals surface area contributed by atoms with Gasteiger partial charge in [-0.2, -0.15) is 0 Å². The zero-order chi connectivity index (χ0) is 8.33. The van der Waals surface area contributed by atoms with E-state index in [-0.39, 0.29) is 0 Å². The molecule has 0 bridgehead atoms. The fraction of sp³-hybridized carbons (Fsp3) is 1.00. The summed E-state index contributed by atoms with van der Waals surface area (Å²) in [7, 11) is 0. The first-order chi connectivity index (χ1) is 4.96. The lowest BCUT2D eigenvalue weighted by atomic mass is 9.94. The topological polar surface area (TPSA) is 12.0 Å². The molecule has 0 unspecified atom stereocenters. The molecule has 1 nitrogen and oxygen atoms in total. The number of nitrogens with one attached hydrogen (secondary N) is 1. The quantitative estimate of drug-likeness (QED) is 0.561. The normalized spacial score (nSPS) is 36.0. The standard InChI is InChI=1S/C10H19N/c1-8(2)9(3,4)10(8)5-6-11-7-10/h11H,5-7H2,1-4H3. The van der Waals surface area contributed by atoms with E-state index in [2.05, 4.69) is 33.0 Å². The van der Waals surface area contributed by atoms with Crippen LogP contribution in [-0.4, -0.2) is 13.1 Å². The van der Waals surface area contributed by atoms with Gasteiger partial charge in [0.1, 0.15) is 0 Å². The molecule has 2 aliphatic rings. The van der Waals surface area contributed by atoms with Gasteiger partial charge in [0, 0.05) is 6.54 Å². The second-order valence-corrected chi connectivity index (χ2v) is 5.26. The summed E-state index contributed by atoms with van der Waals surface area (Å²) >= 11 is 0. The molecule has 1 aliphatic heterocycles. The molecule has 1 spiro atoms. The fourth-order valence-electron chi connectivity index (χ4n) is 3.30. The largest absolute Gasteiger partial charge is 0.316 e. The average Bonchev–Trinajstić information content (AvgIpc) is 2.41. The molecule has 11 heavy (non-hydrogen) atoms. The second-order valence-electron chi connectivity index (χ2n) is 5.26. The molecule has 64 valence electrons. The summed E-state index contributed by atoms with van der Waals surface area (Å²) in [6, 6.07) is 0. The minimum Gasteiger partial charge on any atom is -0.316 e. The van der Waals surface area contributed by atoms with Gasteiger partial charge in [-0.05, 0) is 29.2 Å². The Labute approximate surface area is 69.6 Å². The Bertz CT molecular complexity index is 169. The molecule has 0 aromatic heterocycles. The molecule has 0 amide bonds. The molecule has 1 saturated carbocycles. The maximum absolute atomic E-state index is 3.49. The van der Waals surface area contributed by atoms with Crippen LogP contribution >= 0.6 is 0 Å². The van der Waals surface area contributed by atoms with Crippen molar-refractivity contribution < 1.29 is 0 Å². The van der Waals surface area contributed by atoms with E-state index in [0.717, 1.165) is 0 Å². The van der Waals surface area contributed by atoms with Crippen molar-refractivity contribution in [1.82, 2.24) is 5.32 Å². The molecule has 1 saturated heterocycles. The molecule has 1 N–H and O–H groups in total. The van der Waals surface area contributed by atoms with Crippen molar-refractivity contribution in [2.75, 3.05) is 13.1 Å². The van der Waals surface area contributed by atoms with Crippen LogP contribution in [0.2, 0.25) is 0 Å². The third-order valence-corrected chi connectivity index (χ3v) is 5.05. The third-order valence-electron chi connectivity index (χ3n) is 5.05. The first-order valence-electron chi connectivity index (χ1n) is 4.66. The lowest BCUT2D eigenvalue weighted by Crippen LogP contribution is -2.15. The van der Waals surface area contributed by atoms with Crippen LogP contribution in [0.15, 0.2) is 0 Å². The van der Waals surface area contributed by atoms with Crippen LogP contribution < -0.4 is 5.32 Å². The van der Waals surface area contributed by atoms with Gasteiger partial charge in [0.05, 0.1) is 0 Å². The second kappa shape index (κ2) is 1.66. The predicted octanol–water partition coefficient (Wildman–Crippen LogP) is 2.03. The summed E-state index contributed by atoms with van der Waals surface area (Å²) in [5.41, 5.74) is 1.74. The molecule has 0 radical (unpaired) electrons. The molecule has 1 heterocycles. The van der Waals surface area contributed by atoms with E-state index < -0.39 is 0 Å². The van der Waals surface area contributed by atoms with E-state index in [0.29, 0.717) is 16.2 Å². The van der Waals surface area contributed by atoms with Crippen LogP contribution in [0.4, 0.5) is 0 Å². The summed E-state index contributed by atoms with van der Waals surface area (Å²) in [6.07, 6.45) is 1.38. The number of rotatable bonds is 0. The molecule has 2 fully saturated rings. The SMILES string of the molecule is CC1(C)C(C)(C)C12CCNC2. The van der Waals surface area contributed by atoms with E-state index in [9.17, 15) is 0 Å². The molecule has 1 aliphatic carbocycles. The molecule has 0 aromatic carbocycles. The van der Waals surface area contributed by atoms with Crippen molar-refractivity contribution in [2.24, 2.45) is 16.2 Å². The summed E-state index contributed by atoms with van der Waals surface area (Å²) < 4.78 is 0. The van der Waals surface area contributed by atoms with E-state index in [4.69, 9.17) is 0 Å². The molecule has 0 atom stereocenters. The maximum Gasteiger partial charge on any atom is 0.00190 e. The van der Waals surface area contributed by atoms with E-state index >= 15 is 0 Å². The van der Waals surface area contributed by atoms with Crippen molar-refractivity contribution >= 4 is 0 Å². The summed E-state index contributed by atoms with van der Waals surface area (Å²) in [6.45, 7) is 12.1. The smallest absolute Gasteiger partial charge is 0.00190 e. The lowest BCUT2D eigenvalue weighted by molar-refractivity contribution is 0.408. The minimum absolute atomic E-state index is 0.559. The fourth-order valence-corrected chi connectivity index (χ4v) is 3.30. The zero-order valence-electron chi connectivity index (χ0n) is 8.12. The van der Waals surface area contributed by atoms with Crippen LogP contribution in [0.3, 0.4) is 0 Å². The van der Waals surface area contributed by atoms with Crippen LogP contribution in [0.1, 0.15) is 34.1 Å².